The fourth-order valence-electron chi connectivity index (χ4n) is 4.14. The molecule has 0 aliphatic heterocycles. The van der Waals surface area contributed by atoms with Gasteiger partial charge in [0.2, 0.25) is 10.0 Å². The Morgan fingerprint density at radius 3 is 2.22 bits per heavy atom. The number of ether oxygens (including phenoxy) is 2. The fourth-order valence-corrected chi connectivity index (χ4v) is 5.81. The standard InChI is InChI=1S/C25H33NO5S/c1-25(2,3)31-24(27)22-12-8-9-13-23(22)26(18-19-10-6-5-7-11-19)32(28,29)21-16-14-20(30-4)15-17-21/h5-7,10-11,14-17,22-23H,8-9,12-13,18H2,1-4H3. The third kappa shape index (κ3) is 5.90. The van der Waals surface area contributed by atoms with E-state index >= 15 is 0 Å². The summed E-state index contributed by atoms with van der Waals surface area (Å²) in [6, 6.07) is 15.4. The maximum atomic E-state index is 13.8. The Labute approximate surface area is 191 Å². The monoisotopic (exact) mass is 459 g/mol. The summed E-state index contributed by atoms with van der Waals surface area (Å²) in [6.45, 7) is 5.69. The molecule has 1 aliphatic carbocycles. The van der Waals surface area contributed by atoms with Crippen LogP contribution in [0.1, 0.15) is 52.0 Å². The first-order valence-corrected chi connectivity index (χ1v) is 12.5. The van der Waals surface area contributed by atoms with E-state index in [1.165, 1.54) is 4.31 Å². The molecule has 0 amide bonds. The molecule has 2 unspecified atom stereocenters. The van der Waals surface area contributed by atoms with Gasteiger partial charge in [0.15, 0.2) is 0 Å². The summed E-state index contributed by atoms with van der Waals surface area (Å²) >= 11 is 0. The predicted molar refractivity (Wildman–Crippen MR) is 124 cm³/mol. The topological polar surface area (TPSA) is 72.9 Å². The van der Waals surface area contributed by atoms with Crippen LogP contribution in [0.4, 0.5) is 0 Å². The van der Waals surface area contributed by atoms with Crippen LogP contribution in [0.5, 0.6) is 5.75 Å². The Bertz CT molecular complexity index is 997. The van der Waals surface area contributed by atoms with Crippen molar-refractivity contribution in [1.29, 1.82) is 0 Å². The molecule has 3 rings (SSSR count). The first-order chi connectivity index (χ1) is 15.1. The van der Waals surface area contributed by atoms with E-state index in [9.17, 15) is 13.2 Å². The highest BCUT2D eigenvalue weighted by Gasteiger charge is 2.42. The first-order valence-electron chi connectivity index (χ1n) is 11.0. The number of rotatable bonds is 7. The molecule has 7 heteroatoms. The van der Waals surface area contributed by atoms with E-state index in [0.717, 1.165) is 18.4 Å². The zero-order chi connectivity index (χ0) is 23.4. The largest absolute Gasteiger partial charge is 0.497 e. The number of sulfonamides is 1. The second-order valence-corrected chi connectivity index (χ2v) is 11.1. The highest BCUT2D eigenvalue weighted by molar-refractivity contribution is 7.89. The number of methoxy groups -OCH3 is 1. The maximum Gasteiger partial charge on any atom is 0.311 e. The van der Waals surface area contributed by atoms with Crippen molar-refractivity contribution in [2.24, 2.45) is 5.92 Å². The van der Waals surface area contributed by atoms with Gasteiger partial charge in [0.1, 0.15) is 11.4 Å². The van der Waals surface area contributed by atoms with Crippen LogP contribution in [0, 0.1) is 5.92 Å². The van der Waals surface area contributed by atoms with Crippen molar-refractivity contribution in [1.82, 2.24) is 4.31 Å². The third-order valence-corrected chi connectivity index (χ3v) is 7.54. The number of hydrogen-bond donors (Lipinski definition) is 0. The number of benzene rings is 2. The van der Waals surface area contributed by atoms with Crippen LogP contribution < -0.4 is 4.74 Å². The molecule has 1 aliphatic rings. The Morgan fingerprint density at radius 2 is 1.62 bits per heavy atom. The van der Waals surface area contributed by atoms with Crippen molar-refractivity contribution in [3.05, 3.63) is 60.2 Å². The molecule has 2 aromatic carbocycles. The Hall–Kier alpha value is -2.38. The van der Waals surface area contributed by atoms with E-state index in [0.29, 0.717) is 18.6 Å². The number of carbonyl (C=O) groups is 1. The molecule has 0 radical (unpaired) electrons. The molecule has 0 bridgehead atoms. The number of esters is 1. The Balaban J connectivity index is 2.01. The SMILES string of the molecule is COc1ccc(S(=O)(=O)N(Cc2ccccc2)C2CCCCC2C(=O)OC(C)(C)C)cc1. The lowest BCUT2D eigenvalue weighted by Crippen LogP contribution is -2.49. The van der Waals surface area contributed by atoms with Crippen LogP contribution in [0.2, 0.25) is 0 Å². The average Bonchev–Trinajstić information content (AvgIpc) is 2.77. The molecule has 32 heavy (non-hydrogen) atoms. The quantitative estimate of drug-likeness (QED) is 0.557. The number of nitrogens with zero attached hydrogens (tertiary/aromatic N) is 1. The summed E-state index contributed by atoms with van der Waals surface area (Å²) in [5.41, 5.74) is 0.246. The van der Waals surface area contributed by atoms with Crippen molar-refractivity contribution in [2.45, 2.75) is 69.5 Å². The molecule has 0 aromatic heterocycles. The average molecular weight is 460 g/mol. The van der Waals surface area contributed by atoms with E-state index in [1.807, 2.05) is 51.1 Å². The number of hydrogen-bond acceptors (Lipinski definition) is 5. The summed E-state index contributed by atoms with van der Waals surface area (Å²) in [5, 5.41) is 0. The van der Waals surface area contributed by atoms with Gasteiger partial charge in [-0.15, -0.1) is 0 Å². The molecule has 1 fully saturated rings. The molecule has 0 heterocycles. The van der Waals surface area contributed by atoms with Gasteiger partial charge >= 0.3 is 5.97 Å². The normalized spacial score (nSPS) is 19.5. The Kier molecular flexibility index (Phi) is 7.62. The smallest absolute Gasteiger partial charge is 0.311 e. The lowest BCUT2D eigenvalue weighted by Gasteiger charge is -2.39. The van der Waals surface area contributed by atoms with Gasteiger partial charge in [-0.05, 0) is 63.4 Å². The van der Waals surface area contributed by atoms with Crippen molar-refractivity contribution in [2.75, 3.05) is 7.11 Å². The van der Waals surface area contributed by atoms with Gasteiger partial charge < -0.3 is 9.47 Å². The van der Waals surface area contributed by atoms with Gasteiger partial charge in [-0.25, -0.2) is 8.42 Å². The zero-order valence-corrected chi connectivity index (χ0v) is 20.1. The molecule has 0 saturated heterocycles. The van der Waals surface area contributed by atoms with Crippen LogP contribution in [0.15, 0.2) is 59.5 Å². The predicted octanol–water partition coefficient (Wildman–Crippen LogP) is 4.79. The van der Waals surface area contributed by atoms with Gasteiger partial charge in [0.25, 0.3) is 0 Å². The van der Waals surface area contributed by atoms with E-state index in [4.69, 9.17) is 9.47 Å². The molecule has 0 spiro atoms. The minimum absolute atomic E-state index is 0.183. The van der Waals surface area contributed by atoms with Gasteiger partial charge in [0, 0.05) is 12.6 Å². The van der Waals surface area contributed by atoms with Crippen molar-refractivity contribution in [3.8, 4) is 5.75 Å². The maximum absolute atomic E-state index is 13.8. The van der Waals surface area contributed by atoms with Crippen molar-refractivity contribution in [3.63, 3.8) is 0 Å². The van der Waals surface area contributed by atoms with Gasteiger partial charge in [0.05, 0.1) is 17.9 Å². The highest BCUT2D eigenvalue weighted by atomic mass is 32.2. The van der Waals surface area contributed by atoms with Crippen LogP contribution in [0.25, 0.3) is 0 Å². The summed E-state index contributed by atoms with van der Waals surface area (Å²) in [6.07, 6.45) is 2.98. The highest BCUT2D eigenvalue weighted by Crippen LogP contribution is 2.35. The third-order valence-electron chi connectivity index (χ3n) is 5.66. The second kappa shape index (κ2) is 10.0. The van der Waals surface area contributed by atoms with Gasteiger partial charge in [-0.3, -0.25) is 4.79 Å². The minimum Gasteiger partial charge on any atom is -0.497 e. The summed E-state index contributed by atoms with van der Waals surface area (Å²) in [5.74, 6) is -0.243. The summed E-state index contributed by atoms with van der Waals surface area (Å²) < 4.78 is 40.0. The minimum atomic E-state index is -3.86. The van der Waals surface area contributed by atoms with Crippen LogP contribution in [0.3, 0.4) is 0 Å². The van der Waals surface area contributed by atoms with E-state index in [-0.39, 0.29) is 17.4 Å². The van der Waals surface area contributed by atoms with Crippen LogP contribution in [-0.4, -0.2) is 37.4 Å². The molecule has 1 saturated carbocycles. The second-order valence-electron chi connectivity index (χ2n) is 9.20. The van der Waals surface area contributed by atoms with Gasteiger partial charge in [-0.2, -0.15) is 4.31 Å². The molecule has 2 atom stereocenters. The van der Waals surface area contributed by atoms with Crippen LogP contribution in [-0.2, 0) is 26.1 Å². The summed E-state index contributed by atoms with van der Waals surface area (Å²) in [7, 11) is -2.32. The molecule has 174 valence electrons. The van der Waals surface area contributed by atoms with Crippen molar-refractivity contribution >= 4 is 16.0 Å². The summed E-state index contributed by atoms with van der Waals surface area (Å²) in [4.78, 5) is 13.3. The first kappa shape index (κ1) is 24.3. The number of carbonyl (C=O) groups excluding carboxylic acids is 1. The van der Waals surface area contributed by atoms with Crippen LogP contribution >= 0.6 is 0 Å². The molecular weight excluding hydrogens is 426 g/mol. The van der Waals surface area contributed by atoms with E-state index < -0.39 is 27.6 Å². The molecule has 6 nitrogen and oxygen atoms in total. The zero-order valence-electron chi connectivity index (χ0n) is 19.3. The Morgan fingerprint density at radius 1 is 1.00 bits per heavy atom. The van der Waals surface area contributed by atoms with E-state index in [1.54, 1.807) is 31.4 Å². The molecule has 2 aromatic rings. The van der Waals surface area contributed by atoms with Gasteiger partial charge in [-0.1, -0.05) is 43.2 Å². The van der Waals surface area contributed by atoms with Crippen molar-refractivity contribution < 1.29 is 22.7 Å². The molecule has 0 N–H and O–H groups in total. The molecular formula is C25H33NO5S. The lowest BCUT2D eigenvalue weighted by molar-refractivity contribution is -0.163. The lowest BCUT2D eigenvalue weighted by atomic mass is 9.84. The fraction of sp³-hybridized carbons (Fsp3) is 0.480. The van der Waals surface area contributed by atoms with E-state index in [2.05, 4.69) is 0 Å².